The number of primary amides is 1. The second-order valence-corrected chi connectivity index (χ2v) is 7.32. The number of hydrogen-bond donors (Lipinski definition) is 1. The number of nitrogens with two attached hydrogens (primary N) is 1. The maximum atomic E-state index is 12.9. The summed E-state index contributed by atoms with van der Waals surface area (Å²) in [5, 5.41) is 0. The third-order valence-electron chi connectivity index (χ3n) is 5.59. The highest BCUT2D eigenvalue weighted by molar-refractivity contribution is 6.06. The van der Waals surface area contributed by atoms with E-state index in [2.05, 4.69) is 0 Å². The fraction of sp³-hybridized carbons (Fsp3) is 0.526. The highest BCUT2D eigenvalue weighted by atomic mass is 16.5. The minimum atomic E-state index is -0.659. The molecule has 1 fully saturated rings. The molecule has 3 amide bonds. The third-order valence-corrected chi connectivity index (χ3v) is 5.59. The van der Waals surface area contributed by atoms with Crippen molar-refractivity contribution in [1.82, 2.24) is 4.90 Å². The van der Waals surface area contributed by atoms with Crippen molar-refractivity contribution < 1.29 is 19.1 Å². The Balaban J connectivity index is 1.78. The molecule has 1 aliphatic carbocycles. The van der Waals surface area contributed by atoms with Gasteiger partial charge in [-0.3, -0.25) is 19.3 Å². The van der Waals surface area contributed by atoms with E-state index >= 15 is 0 Å². The number of methoxy groups -OCH3 is 1. The molecule has 2 heterocycles. The van der Waals surface area contributed by atoms with Crippen molar-refractivity contribution in [1.29, 1.82) is 0 Å². The molecule has 1 aromatic rings. The van der Waals surface area contributed by atoms with E-state index in [0.717, 1.165) is 18.4 Å². The van der Waals surface area contributed by atoms with Gasteiger partial charge in [0.1, 0.15) is 6.04 Å². The zero-order chi connectivity index (χ0) is 18.4. The maximum absolute atomic E-state index is 12.9. The quantitative estimate of drug-likeness (QED) is 0.846. The number of carbonyl (C=O) groups excluding carboxylic acids is 3. The molecule has 2 atom stereocenters. The largest absolute Gasteiger partial charge is 0.383 e. The fourth-order valence-electron chi connectivity index (χ4n) is 4.16. The van der Waals surface area contributed by atoms with Gasteiger partial charge in [-0.05, 0) is 37.0 Å². The van der Waals surface area contributed by atoms with E-state index in [1.807, 2.05) is 6.07 Å². The minimum Gasteiger partial charge on any atom is -0.383 e. The first kappa shape index (κ1) is 17.0. The Labute approximate surface area is 152 Å². The zero-order valence-electron chi connectivity index (χ0n) is 14.8. The Kier molecular flexibility index (Phi) is 4.19. The third kappa shape index (κ3) is 2.67. The van der Waals surface area contributed by atoms with Crippen molar-refractivity contribution >= 4 is 23.4 Å². The van der Waals surface area contributed by atoms with E-state index in [-0.39, 0.29) is 23.7 Å². The van der Waals surface area contributed by atoms with Crippen LogP contribution in [-0.2, 0) is 14.3 Å². The monoisotopic (exact) mass is 357 g/mol. The van der Waals surface area contributed by atoms with E-state index in [1.54, 1.807) is 29.0 Å². The first-order valence-electron chi connectivity index (χ1n) is 9.06. The summed E-state index contributed by atoms with van der Waals surface area (Å²) in [6.07, 6.45) is 2.15. The maximum Gasteiger partial charge on any atom is 0.254 e. The lowest BCUT2D eigenvalue weighted by Crippen LogP contribution is -2.55. The number of benzene rings is 1. The smallest absolute Gasteiger partial charge is 0.254 e. The second kappa shape index (κ2) is 6.39. The predicted molar refractivity (Wildman–Crippen MR) is 94.8 cm³/mol. The summed E-state index contributed by atoms with van der Waals surface area (Å²) in [4.78, 5) is 41.2. The molecular weight excluding hydrogens is 334 g/mol. The molecule has 4 rings (SSSR count). The summed E-state index contributed by atoms with van der Waals surface area (Å²) in [5.74, 6) is -0.616. The molecule has 0 saturated heterocycles. The average Bonchev–Trinajstić information content (AvgIpc) is 3.47. The van der Waals surface area contributed by atoms with Crippen molar-refractivity contribution in [3.8, 4) is 0 Å². The van der Waals surface area contributed by atoms with Crippen LogP contribution in [0, 0.1) is 5.92 Å². The van der Waals surface area contributed by atoms with Crippen molar-refractivity contribution in [2.75, 3.05) is 31.7 Å². The van der Waals surface area contributed by atoms with Crippen LogP contribution in [0.1, 0.15) is 41.1 Å². The van der Waals surface area contributed by atoms with E-state index in [9.17, 15) is 14.4 Å². The van der Waals surface area contributed by atoms with Crippen LogP contribution in [0.4, 0.5) is 5.69 Å². The Bertz CT molecular complexity index is 774. The van der Waals surface area contributed by atoms with Gasteiger partial charge in [0.2, 0.25) is 11.8 Å². The molecule has 0 bridgehead atoms. The normalized spacial score (nSPS) is 24.4. The van der Waals surface area contributed by atoms with Gasteiger partial charge in [0.05, 0.1) is 6.61 Å². The summed E-state index contributed by atoms with van der Waals surface area (Å²) in [6.45, 7) is 1.47. The van der Waals surface area contributed by atoms with Crippen LogP contribution in [0.15, 0.2) is 18.2 Å². The van der Waals surface area contributed by atoms with Crippen LogP contribution in [0.5, 0.6) is 0 Å². The topological polar surface area (TPSA) is 92.9 Å². The number of amides is 3. The fourth-order valence-corrected chi connectivity index (χ4v) is 4.16. The molecule has 0 unspecified atom stereocenters. The highest BCUT2D eigenvalue weighted by Gasteiger charge is 2.46. The Morgan fingerprint density at radius 3 is 2.73 bits per heavy atom. The summed E-state index contributed by atoms with van der Waals surface area (Å²) in [6, 6.07) is 4.75. The van der Waals surface area contributed by atoms with Crippen LogP contribution in [0.3, 0.4) is 0 Å². The van der Waals surface area contributed by atoms with E-state index < -0.39 is 11.9 Å². The van der Waals surface area contributed by atoms with Gasteiger partial charge >= 0.3 is 0 Å². The molecule has 7 heteroatoms. The van der Waals surface area contributed by atoms with Crippen LogP contribution < -0.4 is 10.6 Å². The Morgan fingerprint density at radius 2 is 2.08 bits per heavy atom. The molecule has 138 valence electrons. The standard InChI is InChI=1S/C19H23N3O4/c1-26-8-7-21-10-12-9-15(17(20)23)22(18(24)11-5-6-11)14-4-2-3-13(16(12)14)19(21)25/h2-4,11-12,15H,5-10H2,1H3,(H2,20,23)/t12-,15-/m0/s1. The average molecular weight is 357 g/mol. The second-order valence-electron chi connectivity index (χ2n) is 7.32. The van der Waals surface area contributed by atoms with Crippen LogP contribution in [0.2, 0.25) is 0 Å². The van der Waals surface area contributed by atoms with Crippen LogP contribution >= 0.6 is 0 Å². The van der Waals surface area contributed by atoms with Gasteiger partial charge in [0.15, 0.2) is 0 Å². The van der Waals surface area contributed by atoms with Crippen molar-refractivity contribution in [3.05, 3.63) is 29.3 Å². The molecule has 0 aromatic heterocycles. The molecule has 2 aliphatic heterocycles. The minimum absolute atomic E-state index is 0.00323. The predicted octanol–water partition coefficient (Wildman–Crippen LogP) is 0.873. The van der Waals surface area contributed by atoms with E-state index in [4.69, 9.17) is 10.5 Å². The summed E-state index contributed by atoms with van der Waals surface area (Å²) >= 11 is 0. The summed E-state index contributed by atoms with van der Waals surface area (Å²) < 4.78 is 5.11. The number of hydrogen-bond acceptors (Lipinski definition) is 4. The Morgan fingerprint density at radius 1 is 1.31 bits per heavy atom. The van der Waals surface area contributed by atoms with Gasteiger partial charge in [-0.15, -0.1) is 0 Å². The van der Waals surface area contributed by atoms with Gasteiger partial charge in [0.25, 0.3) is 5.91 Å². The van der Waals surface area contributed by atoms with E-state index in [1.165, 1.54) is 0 Å². The number of rotatable bonds is 5. The molecule has 1 saturated carbocycles. The van der Waals surface area contributed by atoms with Crippen LogP contribution in [-0.4, -0.2) is 55.5 Å². The number of carbonyl (C=O) groups is 3. The Hall–Kier alpha value is -2.41. The molecule has 0 radical (unpaired) electrons. The molecule has 26 heavy (non-hydrogen) atoms. The zero-order valence-corrected chi connectivity index (χ0v) is 14.8. The van der Waals surface area contributed by atoms with Gasteiger partial charge in [-0.2, -0.15) is 0 Å². The number of anilines is 1. The van der Waals surface area contributed by atoms with Crippen molar-refractivity contribution in [2.24, 2.45) is 11.7 Å². The van der Waals surface area contributed by atoms with Gasteiger partial charge < -0.3 is 15.4 Å². The molecule has 0 spiro atoms. The number of ether oxygens (including phenoxy) is 1. The van der Waals surface area contributed by atoms with Gasteiger partial charge in [-0.25, -0.2) is 0 Å². The van der Waals surface area contributed by atoms with Crippen molar-refractivity contribution in [2.45, 2.75) is 31.2 Å². The molecule has 1 aromatic carbocycles. The molecule has 2 N–H and O–H groups in total. The summed E-state index contributed by atoms with van der Waals surface area (Å²) in [7, 11) is 1.60. The summed E-state index contributed by atoms with van der Waals surface area (Å²) in [5.41, 5.74) is 7.84. The first-order valence-corrected chi connectivity index (χ1v) is 9.06. The lowest BCUT2D eigenvalue weighted by atomic mass is 9.79. The van der Waals surface area contributed by atoms with E-state index in [0.29, 0.717) is 37.4 Å². The molecular formula is C19H23N3O4. The number of nitrogens with zero attached hydrogens (tertiary/aromatic N) is 2. The highest BCUT2D eigenvalue weighted by Crippen LogP contribution is 2.45. The van der Waals surface area contributed by atoms with Gasteiger partial charge in [0, 0.05) is 43.3 Å². The van der Waals surface area contributed by atoms with Crippen LogP contribution in [0.25, 0.3) is 0 Å². The molecule has 3 aliphatic rings. The lowest BCUT2D eigenvalue weighted by Gasteiger charge is -2.44. The lowest BCUT2D eigenvalue weighted by molar-refractivity contribution is -0.125. The molecule has 7 nitrogen and oxygen atoms in total. The van der Waals surface area contributed by atoms with Crippen molar-refractivity contribution in [3.63, 3.8) is 0 Å². The SMILES string of the molecule is COCCN1C[C@@H]2C[C@@H](C(N)=O)N(C(=O)C3CC3)c3cccc(c32)C1=O. The van der Waals surface area contributed by atoms with Gasteiger partial charge in [-0.1, -0.05) is 6.07 Å². The first-order chi connectivity index (χ1) is 12.5.